The first-order chi connectivity index (χ1) is 12.7. The third-order valence-electron chi connectivity index (χ3n) is 5.15. The molecule has 1 unspecified atom stereocenters. The number of aryl methyl sites for hydroxylation is 1. The van der Waals surface area contributed by atoms with Crippen LogP contribution in [0.4, 0.5) is 4.79 Å². The molecule has 0 bridgehead atoms. The Labute approximate surface area is 156 Å². The summed E-state index contributed by atoms with van der Waals surface area (Å²) >= 11 is 0. The van der Waals surface area contributed by atoms with Crippen LogP contribution in [0.15, 0.2) is 36.5 Å². The number of hydrogen-bond acceptors (Lipinski definition) is 2. The predicted octanol–water partition coefficient (Wildman–Crippen LogP) is 3.77. The van der Waals surface area contributed by atoms with Crippen molar-refractivity contribution in [3.63, 3.8) is 0 Å². The zero-order valence-electron chi connectivity index (χ0n) is 15.9. The maximum Gasteiger partial charge on any atom is 0.317 e. The molecule has 1 aromatic carbocycles. The van der Waals surface area contributed by atoms with E-state index in [9.17, 15) is 4.79 Å². The smallest absolute Gasteiger partial charge is 0.317 e. The molecule has 1 aliphatic heterocycles. The second kappa shape index (κ2) is 8.88. The molecule has 2 heterocycles. The fourth-order valence-corrected chi connectivity index (χ4v) is 3.76. The van der Waals surface area contributed by atoms with Crippen LogP contribution in [-0.4, -0.2) is 33.6 Å². The van der Waals surface area contributed by atoms with E-state index in [0.717, 1.165) is 44.5 Å². The Balaban J connectivity index is 1.54. The number of carbonyl (C=O) groups excluding carboxylic acids is 1. The van der Waals surface area contributed by atoms with E-state index in [1.54, 1.807) is 0 Å². The summed E-state index contributed by atoms with van der Waals surface area (Å²) in [5.74, 6) is 1.66. The highest BCUT2D eigenvalue weighted by Gasteiger charge is 2.25. The van der Waals surface area contributed by atoms with Gasteiger partial charge in [0.05, 0.1) is 0 Å². The zero-order valence-corrected chi connectivity index (χ0v) is 15.9. The number of carbonyl (C=O) groups is 1. The minimum atomic E-state index is 0.0478. The van der Waals surface area contributed by atoms with E-state index in [1.165, 1.54) is 17.9 Å². The highest BCUT2D eigenvalue weighted by Crippen LogP contribution is 2.21. The normalized spacial score (nSPS) is 17.3. The largest absolute Gasteiger partial charge is 0.334 e. The summed E-state index contributed by atoms with van der Waals surface area (Å²) in [6.07, 6.45) is 6.27. The fourth-order valence-electron chi connectivity index (χ4n) is 3.76. The van der Waals surface area contributed by atoms with Gasteiger partial charge in [0, 0.05) is 44.5 Å². The molecule has 2 amide bonds. The van der Waals surface area contributed by atoms with Crippen molar-refractivity contribution >= 4 is 6.03 Å². The van der Waals surface area contributed by atoms with Crippen LogP contribution in [0.3, 0.4) is 0 Å². The third-order valence-corrected chi connectivity index (χ3v) is 5.15. The molecule has 0 radical (unpaired) electrons. The fraction of sp³-hybridized carbons (Fsp3) is 0.524. The summed E-state index contributed by atoms with van der Waals surface area (Å²) in [5.41, 5.74) is 2.36. The minimum Gasteiger partial charge on any atom is -0.334 e. The van der Waals surface area contributed by atoms with Crippen LogP contribution in [0.5, 0.6) is 0 Å². The summed E-state index contributed by atoms with van der Waals surface area (Å²) in [4.78, 5) is 19.1. The van der Waals surface area contributed by atoms with Gasteiger partial charge >= 0.3 is 6.03 Å². The number of nitrogens with zero attached hydrogens (tertiary/aromatic N) is 3. The number of rotatable bonds is 6. The van der Waals surface area contributed by atoms with Crippen molar-refractivity contribution in [2.75, 3.05) is 13.1 Å². The van der Waals surface area contributed by atoms with Gasteiger partial charge in [-0.25, -0.2) is 9.78 Å². The number of hydrogen-bond donors (Lipinski definition) is 1. The number of aromatic nitrogens is 2. The summed E-state index contributed by atoms with van der Waals surface area (Å²) in [6, 6.07) is 10.1. The first kappa shape index (κ1) is 18.5. The quantitative estimate of drug-likeness (QED) is 0.858. The lowest BCUT2D eigenvalue weighted by Gasteiger charge is -2.32. The van der Waals surface area contributed by atoms with Crippen LogP contribution < -0.4 is 5.32 Å². The van der Waals surface area contributed by atoms with Crippen LogP contribution in [0.1, 0.15) is 43.3 Å². The molecule has 0 saturated carbocycles. The molecule has 26 heavy (non-hydrogen) atoms. The molecular formula is C21H30N4O. The average Bonchev–Trinajstić information content (AvgIpc) is 3.01. The topological polar surface area (TPSA) is 50.2 Å². The molecule has 1 N–H and O–H groups in total. The van der Waals surface area contributed by atoms with Gasteiger partial charge in [-0.2, -0.15) is 0 Å². The second-order valence-corrected chi connectivity index (χ2v) is 7.27. The van der Waals surface area contributed by atoms with E-state index >= 15 is 0 Å². The van der Waals surface area contributed by atoms with Crippen molar-refractivity contribution in [1.82, 2.24) is 19.8 Å². The molecule has 0 spiro atoms. The molecule has 140 valence electrons. The van der Waals surface area contributed by atoms with Gasteiger partial charge in [0.1, 0.15) is 5.82 Å². The molecule has 1 fully saturated rings. The number of likely N-dealkylation sites (tertiary alicyclic amines) is 1. The molecule has 0 aliphatic carbocycles. The lowest BCUT2D eigenvalue weighted by molar-refractivity contribution is 0.164. The van der Waals surface area contributed by atoms with Gasteiger partial charge in [0.2, 0.25) is 0 Å². The third kappa shape index (κ3) is 4.65. The molecule has 1 aliphatic rings. The highest BCUT2D eigenvalue weighted by atomic mass is 16.2. The summed E-state index contributed by atoms with van der Waals surface area (Å²) in [5, 5.41) is 3.06. The molecular weight excluding hydrogens is 324 g/mol. The molecule has 1 atom stereocenters. The highest BCUT2D eigenvalue weighted by molar-refractivity contribution is 5.74. The first-order valence-electron chi connectivity index (χ1n) is 9.75. The SMILES string of the molecule is CCCn1c(C)cnc1CC1CCCN(C(=O)NCc2ccccc2)C1. The molecule has 2 aromatic rings. The molecule has 5 nitrogen and oxygen atoms in total. The Bertz CT molecular complexity index is 710. The predicted molar refractivity (Wildman–Crippen MR) is 104 cm³/mol. The number of benzene rings is 1. The molecule has 1 aromatic heterocycles. The number of amides is 2. The van der Waals surface area contributed by atoms with Crippen LogP contribution >= 0.6 is 0 Å². The van der Waals surface area contributed by atoms with Crippen LogP contribution in [0.25, 0.3) is 0 Å². The van der Waals surface area contributed by atoms with Crippen molar-refractivity contribution in [2.45, 2.75) is 52.6 Å². The van der Waals surface area contributed by atoms with Gasteiger partial charge in [-0.1, -0.05) is 37.3 Å². The summed E-state index contributed by atoms with van der Waals surface area (Å²) < 4.78 is 2.33. The number of nitrogens with one attached hydrogen (secondary N) is 1. The van der Waals surface area contributed by atoms with Gasteiger partial charge in [-0.15, -0.1) is 0 Å². The van der Waals surface area contributed by atoms with Crippen LogP contribution in [0, 0.1) is 12.8 Å². The van der Waals surface area contributed by atoms with Crippen molar-refractivity contribution in [3.8, 4) is 0 Å². The maximum absolute atomic E-state index is 12.5. The van der Waals surface area contributed by atoms with Gasteiger partial charge in [-0.05, 0) is 37.7 Å². The maximum atomic E-state index is 12.5. The van der Waals surface area contributed by atoms with Crippen molar-refractivity contribution in [1.29, 1.82) is 0 Å². The lowest BCUT2D eigenvalue weighted by atomic mass is 9.94. The van der Waals surface area contributed by atoms with E-state index in [0.29, 0.717) is 12.5 Å². The second-order valence-electron chi connectivity index (χ2n) is 7.27. The molecule has 1 saturated heterocycles. The molecule has 5 heteroatoms. The lowest BCUT2D eigenvalue weighted by Crippen LogP contribution is -2.45. The van der Waals surface area contributed by atoms with Crippen molar-refractivity contribution in [2.24, 2.45) is 5.92 Å². The molecule has 3 rings (SSSR count). The Morgan fingerprint density at radius 2 is 2.12 bits per heavy atom. The van der Waals surface area contributed by atoms with Gasteiger partial charge in [0.25, 0.3) is 0 Å². The van der Waals surface area contributed by atoms with Gasteiger partial charge in [0.15, 0.2) is 0 Å². The van der Waals surface area contributed by atoms with E-state index in [4.69, 9.17) is 0 Å². The Morgan fingerprint density at radius 3 is 2.88 bits per heavy atom. The van der Waals surface area contributed by atoms with E-state index < -0.39 is 0 Å². The summed E-state index contributed by atoms with van der Waals surface area (Å²) in [6.45, 7) is 7.59. The Kier molecular flexibility index (Phi) is 6.31. The van der Waals surface area contributed by atoms with Crippen LogP contribution in [0.2, 0.25) is 0 Å². The number of urea groups is 1. The van der Waals surface area contributed by atoms with Gasteiger partial charge < -0.3 is 14.8 Å². The van der Waals surface area contributed by atoms with Gasteiger partial charge in [-0.3, -0.25) is 0 Å². The number of imidazole rings is 1. The standard InChI is InChI=1S/C21H30N4O/c1-3-11-25-17(2)14-22-20(25)13-19-10-7-12-24(16-19)21(26)23-15-18-8-5-4-6-9-18/h4-6,8-9,14,19H,3,7,10-13,15-16H2,1-2H3,(H,23,26). The first-order valence-corrected chi connectivity index (χ1v) is 9.75. The minimum absolute atomic E-state index is 0.0478. The summed E-state index contributed by atoms with van der Waals surface area (Å²) in [7, 11) is 0. The van der Waals surface area contributed by atoms with E-state index in [-0.39, 0.29) is 6.03 Å². The average molecular weight is 354 g/mol. The van der Waals surface area contributed by atoms with Crippen molar-refractivity contribution in [3.05, 3.63) is 53.6 Å². The van der Waals surface area contributed by atoms with E-state index in [2.05, 4.69) is 28.7 Å². The van der Waals surface area contributed by atoms with E-state index in [1.807, 2.05) is 41.4 Å². The van der Waals surface area contributed by atoms with Crippen LogP contribution in [-0.2, 0) is 19.5 Å². The monoisotopic (exact) mass is 354 g/mol. The Hall–Kier alpha value is -2.30. The zero-order chi connectivity index (χ0) is 18.4. The number of piperidine rings is 1. The Morgan fingerprint density at radius 1 is 1.31 bits per heavy atom. The van der Waals surface area contributed by atoms with Crippen molar-refractivity contribution < 1.29 is 4.79 Å².